The smallest absolute Gasteiger partial charge is 0.291 e. The number of nitrogens with one attached hydrogen (secondary N) is 1. The van der Waals surface area contributed by atoms with Gasteiger partial charge in [-0.2, -0.15) is 0 Å². The molecule has 0 spiro atoms. The Morgan fingerprint density at radius 1 is 1.00 bits per heavy atom. The first kappa shape index (κ1) is 19.5. The molecule has 6 heteroatoms. The van der Waals surface area contributed by atoms with Crippen LogP contribution in [0.1, 0.15) is 30.2 Å². The minimum absolute atomic E-state index is 0.150. The number of amides is 1. The summed E-state index contributed by atoms with van der Waals surface area (Å²) in [5, 5.41) is 2.82. The highest BCUT2D eigenvalue weighted by Crippen LogP contribution is 2.19. The lowest BCUT2D eigenvalue weighted by molar-refractivity contribution is 0.0992. The van der Waals surface area contributed by atoms with Gasteiger partial charge in [-0.15, -0.1) is 0 Å². The number of nitrogens with zero attached hydrogens (tertiary/aromatic N) is 1. The zero-order chi connectivity index (χ0) is 19.9. The summed E-state index contributed by atoms with van der Waals surface area (Å²) in [6.45, 7) is 6.22. The number of furan rings is 1. The summed E-state index contributed by atoms with van der Waals surface area (Å²) >= 11 is 0. The van der Waals surface area contributed by atoms with Gasteiger partial charge in [0.1, 0.15) is 23.9 Å². The molecular weight excluding hydrogens is 359 g/mol. The number of carbonyl (C=O) groups excluding carboxylic acids is 1. The molecule has 2 aromatic carbocycles. The van der Waals surface area contributed by atoms with Crippen LogP contribution in [0.3, 0.4) is 0 Å². The van der Waals surface area contributed by atoms with Gasteiger partial charge in [-0.25, -0.2) is 4.39 Å². The van der Waals surface area contributed by atoms with Crippen LogP contribution >= 0.6 is 0 Å². The zero-order valence-electron chi connectivity index (χ0n) is 15.9. The van der Waals surface area contributed by atoms with Crippen LogP contribution in [0, 0.1) is 5.82 Å². The average molecular weight is 382 g/mol. The summed E-state index contributed by atoms with van der Waals surface area (Å²) in [7, 11) is 0. The number of hydrogen-bond donors (Lipinski definition) is 1. The third kappa shape index (κ3) is 4.91. The molecule has 0 fully saturated rings. The second-order valence-electron chi connectivity index (χ2n) is 6.18. The van der Waals surface area contributed by atoms with E-state index in [-0.39, 0.29) is 24.1 Å². The predicted octanol–water partition coefficient (Wildman–Crippen LogP) is 5.10. The lowest BCUT2D eigenvalue weighted by Crippen LogP contribution is -2.21. The van der Waals surface area contributed by atoms with Gasteiger partial charge in [-0.05, 0) is 74.5 Å². The summed E-state index contributed by atoms with van der Waals surface area (Å²) in [6.07, 6.45) is 0. The van der Waals surface area contributed by atoms with Crippen molar-refractivity contribution in [1.29, 1.82) is 0 Å². The van der Waals surface area contributed by atoms with E-state index in [9.17, 15) is 9.18 Å². The van der Waals surface area contributed by atoms with Crippen molar-refractivity contribution in [3.8, 4) is 5.75 Å². The minimum atomic E-state index is -0.330. The van der Waals surface area contributed by atoms with Gasteiger partial charge in [0.25, 0.3) is 5.91 Å². The van der Waals surface area contributed by atoms with Crippen LogP contribution in [0.25, 0.3) is 0 Å². The fourth-order valence-electron chi connectivity index (χ4n) is 2.80. The molecule has 0 atom stereocenters. The van der Waals surface area contributed by atoms with Gasteiger partial charge >= 0.3 is 0 Å². The van der Waals surface area contributed by atoms with Gasteiger partial charge in [0, 0.05) is 24.5 Å². The molecule has 28 heavy (non-hydrogen) atoms. The van der Waals surface area contributed by atoms with Crippen LogP contribution in [0.15, 0.2) is 65.1 Å². The molecule has 0 aliphatic rings. The molecular formula is C22H23FN2O3. The van der Waals surface area contributed by atoms with Crippen LogP contribution in [0.2, 0.25) is 0 Å². The summed E-state index contributed by atoms with van der Waals surface area (Å²) in [4.78, 5) is 14.6. The molecule has 3 aromatic rings. The van der Waals surface area contributed by atoms with E-state index in [0.717, 1.165) is 18.8 Å². The number of hydrogen-bond acceptors (Lipinski definition) is 4. The Kier molecular flexibility index (Phi) is 6.32. The second kappa shape index (κ2) is 9.08. The van der Waals surface area contributed by atoms with Crippen molar-refractivity contribution < 1.29 is 18.3 Å². The Morgan fingerprint density at radius 2 is 1.68 bits per heavy atom. The van der Waals surface area contributed by atoms with Crippen molar-refractivity contribution in [1.82, 2.24) is 0 Å². The van der Waals surface area contributed by atoms with Crippen molar-refractivity contribution in [2.75, 3.05) is 23.3 Å². The lowest BCUT2D eigenvalue weighted by atomic mass is 10.2. The average Bonchev–Trinajstić information content (AvgIpc) is 3.19. The molecule has 1 N–H and O–H groups in total. The summed E-state index contributed by atoms with van der Waals surface area (Å²) < 4.78 is 24.0. The maximum atomic E-state index is 12.9. The Labute approximate surface area is 163 Å². The van der Waals surface area contributed by atoms with E-state index in [0.29, 0.717) is 17.2 Å². The normalized spacial score (nSPS) is 10.5. The standard InChI is InChI=1S/C22H23FN2O3/c1-3-25(4-2)18-9-7-17(8-10-18)24-22(26)21-14-13-20(28-21)15-27-19-11-5-16(23)6-12-19/h5-14H,3-4,15H2,1-2H3,(H,24,26). The lowest BCUT2D eigenvalue weighted by Gasteiger charge is -2.21. The molecule has 0 saturated heterocycles. The van der Waals surface area contributed by atoms with Crippen LogP contribution in [-0.4, -0.2) is 19.0 Å². The van der Waals surface area contributed by atoms with Crippen molar-refractivity contribution in [3.05, 3.63) is 78.0 Å². The first-order valence-corrected chi connectivity index (χ1v) is 9.22. The van der Waals surface area contributed by atoms with Crippen molar-refractivity contribution >= 4 is 17.3 Å². The van der Waals surface area contributed by atoms with E-state index in [1.807, 2.05) is 24.3 Å². The molecule has 0 aliphatic carbocycles. The van der Waals surface area contributed by atoms with Crippen LogP contribution < -0.4 is 15.0 Å². The Morgan fingerprint density at radius 3 is 2.32 bits per heavy atom. The van der Waals surface area contributed by atoms with Gasteiger partial charge in [0.15, 0.2) is 5.76 Å². The van der Waals surface area contributed by atoms with Gasteiger partial charge < -0.3 is 19.4 Å². The fraction of sp³-hybridized carbons (Fsp3) is 0.227. The maximum Gasteiger partial charge on any atom is 0.291 e. The monoisotopic (exact) mass is 382 g/mol. The second-order valence-corrected chi connectivity index (χ2v) is 6.18. The summed E-state index contributed by atoms with van der Waals surface area (Å²) in [5.41, 5.74) is 1.81. The van der Waals surface area contributed by atoms with Crippen LogP contribution in [0.5, 0.6) is 5.75 Å². The highest BCUT2D eigenvalue weighted by atomic mass is 19.1. The quantitative estimate of drug-likeness (QED) is 0.589. The molecule has 1 aromatic heterocycles. The van der Waals surface area contributed by atoms with E-state index in [4.69, 9.17) is 9.15 Å². The van der Waals surface area contributed by atoms with E-state index in [1.54, 1.807) is 12.1 Å². The molecule has 1 amide bonds. The molecule has 5 nitrogen and oxygen atoms in total. The Balaban J connectivity index is 1.57. The third-order valence-corrected chi connectivity index (χ3v) is 4.33. The number of rotatable bonds is 8. The minimum Gasteiger partial charge on any atom is -0.486 e. The largest absolute Gasteiger partial charge is 0.486 e. The van der Waals surface area contributed by atoms with Crippen molar-refractivity contribution in [2.24, 2.45) is 0 Å². The number of halogens is 1. The zero-order valence-corrected chi connectivity index (χ0v) is 15.9. The SMILES string of the molecule is CCN(CC)c1ccc(NC(=O)c2ccc(COc3ccc(F)cc3)o2)cc1. The maximum absolute atomic E-state index is 12.9. The molecule has 146 valence electrons. The number of carbonyl (C=O) groups is 1. The van der Waals surface area contributed by atoms with Crippen molar-refractivity contribution in [2.45, 2.75) is 20.5 Å². The van der Waals surface area contributed by atoms with E-state index < -0.39 is 0 Å². The number of benzene rings is 2. The van der Waals surface area contributed by atoms with E-state index in [2.05, 4.69) is 24.1 Å². The first-order chi connectivity index (χ1) is 13.6. The Bertz CT molecular complexity index is 900. The summed E-state index contributed by atoms with van der Waals surface area (Å²) in [5.74, 6) is 0.576. The van der Waals surface area contributed by atoms with Crippen molar-refractivity contribution in [3.63, 3.8) is 0 Å². The molecule has 3 rings (SSSR count). The summed E-state index contributed by atoms with van der Waals surface area (Å²) in [6, 6.07) is 16.7. The molecule has 1 heterocycles. The number of anilines is 2. The van der Waals surface area contributed by atoms with Gasteiger partial charge in [-0.3, -0.25) is 4.79 Å². The van der Waals surface area contributed by atoms with Crippen LogP contribution in [0.4, 0.5) is 15.8 Å². The van der Waals surface area contributed by atoms with E-state index in [1.165, 1.54) is 24.3 Å². The molecule has 0 unspecified atom stereocenters. The Hall–Kier alpha value is -3.28. The van der Waals surface area contributed by atoms with Gasteiger partial charge in [-0.1, -0.05) is 0 Å². The molecule has 0 bridgehead atoms. The highest BCUT2D eigenvalue weighted by Gasteiger charge is 2.12. The van der Waals surface area contributed by atoms with Crippen LogP contribution in [-0.2, 0) is 6.61 Å². The first-order valence-electron chi connectivity index (χ1n) is 9.22. The topological polar surface area (TPSA) is 54.7 Å². The highest BCUT2D eigenvalue weighted by molar-refractivity contribution is 6.02. The molecule has 0 radical (unpaired) electrons. The molecule has 0 aliphatic heterocycles. The van der Waals surface area contributed by atoms with Gasteiger partial charge in [0.05, 0.1) is 0 Å². The fourth-order valence-corrected chi connectivity index (χ4v) is 2.80. The van der Waals surface area contributed by atoms with Gasteiger partial charge in [0.2, 0.25) is 0 Å². The predicted molar refractivity (Wildman–Crippen MR) is 107 cm³/mol. The molecule has 0 saturated carbocycles. The third-order valence-electron chi connectivity index (χ3n) is 4.33. The van der Waals surface area contributed by atoms with E-state index >= 15 is 0 Å². The number of ether oxygens (including phenoxy) is 1.